The van der Waals surface area contributed by atoms with Crippen LogP contribution in [0, 0.1) is 5.41 Å². The average molecular weight is 266 g/mol. The molecule has 0 aliphatic heterocycles. The minimum absolute atomic E-state index is 0.318. The van der Waals surface area contributed by atoms with Crippen molar-refractivity contribution in [3.05, 3.63) is 0 Å². The first kappa shape index (κ1) is 16.3. The van der Waals surface area contributed by atoms with Crippen molar-refractivity contribution in [2.75, 3.05) is 6.54 Å². The zero-order valence-corrected chi connectivity index (χ0v) is 11.8. The van der Waals surface area contributed by atoms with E-state index in [2.05, 4.69) is 9.44 Å². The van der Waals surface area contributed by atoms with Crippen molar-refractivity contribution in [1.82, 2.24) is 9.44 Å². The van der Waals surface area contributed by atoms with E-state index < -0.39 is 27.1 Å². The summed E-state index contributed by atoms with van der Waals surface area (Å²) >= 11 is 0. The fraction of sp³-hybridized carbons (Fsp3) is 0.900. The summed E-state index contributed by atoms with van der Waals surface area (Å²) in [6.07, 6.45) is 0.670. The average Bonchev–Trinajstić information content (AvgIpc) is 2.12. The maximum absolute atomic E-state index is 11.7. The Morgan fingerprint density at radius 1 is 1.24 bits per heavy atom. The van der Waals surface area contributed by atoms with Gasteiger partial charge in [0, 0.05) is 12.1 Å². The van der Waals surface area contributed by atoms with Gasteiger partial charge in [0.15, 0.2) is 0 Å². The van der Waals surface area contributed by atoms with E-state index in [1.807, 2.05) is 6.92 Å². The first-order chi connectivity index (χ1) is 7.46. The van der Waals surface area contributed by atoms with Crippen LogP contribution in [0.1, 0.15) is 41.0 Å². The molecule has 0 aliphatic carbocycles. The van der Waals surface area contributed by atoms with Crippen LogP contribution < -0.4 is 9.44 Å². The molecule has 0 aromatic heterocycles. The minimum atomic E-state index is -3.68. The van der Waals surface area contributed by atoms with Gasteiger partial charge >= 0.3 is 5.97 Å². The lowest BCUT2D eigenvalue weighted by Gasteiger charge is -2.38. The highest BCUT2D eigenvalue weighted by atomic mass is 32.2. The van der Waals surface area contributed by atoms with Gasteiger partial charge in [0.05, 0.1) is 5.41 Å². The third kappa shape index (κ3) is 4.25. The topological polar surface area (TPSA) is 95.5 Å². The van der Waals surface area contributed by atoms with Crippen LogP contribution in [-0.4, -0.2) is 31.6 Å². The summed E-state index contributed by atoms with van der Waals surface area (Å²) in [4.78, 5) is 11.1. The molecule has 0 saturated carbocycles. The van der Waals surface area contributed by atoms with Gasteiger partial charge in [-0.2, -0.15) is 13.1 Å². The molecule has 0 spiro atoms. The minimum Gasteiger partial charge on any atom is -0.481 e. The number of carbonyl (C=O) groups is 1. The Morgan fingerprint density at radius 2 is 1.71 bits per heavy atom. The molecule has 0 unspecified atom stereocenters. The first-order valence-electron chi connectivity index (χ1n) is 5.48. The number of rotatable bonds is 7. The van der Waals surface area contributed by atoms with E-state index in [-0.39, 0.29) is 0 Å². The highest BCUT2D eigenvalue weighted by Crippen LogP contribution is 2.31. The zero-order chi connectivity index (χ0) is 13.9. The summed E-state index contributed by atoms with van der Waals surface area (Å²) in [6.45, 7) is 8.22. The summed E-state index contributed by atoms with van der Waals surface area (Å²) in [5.41, 5.74) is -2.31. The second-order valence-electron chi connectivity index (χ2n) is 5.05. The fourth-order valence-corrected chi connectivity index (χ4v) is 2.48. The molecule has 0 aromatic rings. The molecular formula is C10H22N2O4S. The lowest BCUT2D eigenvalue weighted by molar-refractivity contribution is -0.150. The summed E-state index contributed by atoms with van der Waals surface area (Å²) in [5, 5.41) is 9.09. The van der Waals surface area contributed by atoms with E-state index in [1.165, 1.54) is 13.8 Å². The predicted octanol–water partition coefficient (Wildman–Crippen LogP) is 0.710. The monoisotopic (exact) mass is 266 g/mol. The van der Waals surface area contributed by atoms with Crippen molar-refractivity contribution in [2.45, 2.75) is 46.6 Å². The maximum atomic E-state index is 11.7. The Balaban J connectivity index is 4.93. The standard InChI is InChI=1S/C10H22N2O4S/c1-6-7-11-17(15,16)12-10(4,5)9(2,3)8(13)14/h11-12H,6-7H2,1-5H3,(H,13,14). The van der Waals surface area contributed by atoms with Crippen LogP contribution in [0.25, 0.3) is 0 Å². The van der Waals surface area contributed by atoms with Crippen LogP contribution in [0.4, 0.5) is 0 Å². The fourth-order valence-electron chi connectivity index (χ4n) is 1.00. The third-order valence-corrected chi connectivity index (χ3v) is 4.39. The molecule has 0 radical (unpaired) electrons. The molecule has 6 nitrogen and oxygen atoms in total. The summed E-state index contributed by atoms with van der Waals surface area (Å²) in [6, 6.07) is 0. The number of hydrogen-bond donors (Lipinski definition) is 3. The summed E-state index contributed by atoms with van der Waals surface area (Å²) in [5.74, 6) is -1.05. The third-order valence-electron chi connectivity index (χ3n) is 3.03. The maximum Gasteiger partial charge on any atom is 0.310 e. The van der Waals surface area contributed by atoms with E-state index in [0.717, 1.165) is 0 Å². The van der Waals surface area contributed by atoms with Crippen LogP contribution in [0.5, 0.6) is 0 Å². The molecule has 0 saturated heterocycles. The summed E-state index contributed by atoms with van der Waals surface area (Å²) < 4.78 is 28.0. The Kier molecular flexibility index (Phi) is 5.12. The lowest BCUT2D eigenvalue weighted by Crippen LogP contribution is -2.59. The Hall–Kier alpha value is -0.660. The van der Waals surface area contributed by atoms with Crippen molar-refractivity contribution in [2.24, 2.45) is 5.41 Å². The van der Waals surface area contributed by atoms with Crippen LogP contribution in [0.2, 0.25) is 0 Å². The normalized spacial score (nSPS) is 13.7. The number of carboxylic acids is 1. The van der Waals surface area contributed by atoms with Crippen LogP contribution >= 0.6 is 0 Å². The second kappa shape index (κ2) is 5.32. The molecule has 0 aliphatic rings. The molecule has 0 heterocycles. The van der Waals surface area contributed by atoms with Gasteiger partial charge in [-0.15, -0.1) is 0 Å². The second-order valence-corrected chi connectivity index (χ2v) is 6.55. The molecule has 3 N–H and O–H groups in total. The molecule has 0 bridgehead atoms. The van der Waals surface area contributed by atoms with E-state index in [9.17, 15) is 13.2 Å². The largest absolute Gasteiger partial charge is 0.481 e. The van der Waals surface area contributed by atoms with Crippen LogP contribution in [0.3, 0.4) is 0 Å². The Labute approximate surface area is 103 Å². The summed E-state index contributed by atoms with van der Waals surface area (Å²) in [7, 11) is -3.68. The molecule has 0 amide bonds. The predicted molar refractivity (Wildman–Crippen MR) is 65.8 cm³/mol. The zero-order valence-electron chi connectivity index (χ0n) is 11.0. The van der Waals surface area contributed by atoms with Crippen molar-refractivity contribution in [3.63, 3.8) is 0 Å². The lowest BCUT2D eigenvalue weighted by atomic mass is 9.75. The Morgan fingerprint density at radius 3 is 2.06 bits per heavy atom. The van der Waals surface area contributed by atoms with E-state index in [0.29, 0.717) is 13.0 Å². The van der Waals surface area contributed by atoms with Gasteiger partial charge in [-0.05, 0) is 34.1 Å². The van der Waals surface area contributed by atoms with Gasteiger partial charge in [0.25, 0.3) is 10.2 Å². The smallest absolute Gasteiger partial charge is 0.310 e. The highest BCUT2D eigenvalue weighted by Gasteiger charge is 2.45. The molecule has 102 valence electrons. The SMILES string of the molecule is CCCNS(=O)(=O)NC(C)(C)C(C)(C)C(=O)O. The molecule has 7 heteroatoms. The van der Waals surface area contributed by atoms with E-state index >= 15 is 0 Å². The van der Waals surface area contributed by atoms with E-state index in [1.54, 1.807) is 13.8 Å². The Bertz CT molecular complexity index is 374. The molecule has 0 rings (SSSR count). The van der Waals surface area contributed by atoms with Gasteiger partial charge < -0.3 is 5.11 Å². The number of aliphatic carboxylic acids is 1. The molecule has 0 fully saturated rings. The van der Waals surface area contributed by atoms with Gasteiger partial charge in [0.2, 0.25) is 0 Å². The van der Waals surface area contributed by atoms with E-state index in [4.69, 9.17) is 5.11 Å². The number of nitrogens with one attached hydrogen (secondary N) is 2. The number of hydrogen-bond acceptors (Lipinski definition) is 3. The molecule has 17 heavy (non-hydrogen) atoms. The quantitative estimate of drug-likeness (QED) is 0.632. The highest BCUT2D eigenvalue weighted by molar-refractivity contribution is 7.87. The van der Waals surface area contributed by atoms with Crippen LogP contribution in [0.15, 0.2) is 0 Å². The van der Waals surface area contributed by atoms with Crippen molar-refractivity contribution in [3.8, 4) is 0 Å². The van der Waals surface area contributed by atoms with Gasteiger partial charge in [-0.1, -0.05) is 6.92 Å². The van der Waals surface area contributed by atoms with Gasteiger partial charge in [-0.25, -0.2) is 4.72 Å². The van der Waals surface area contributed by atoms with Crippen LogP contribution in [-0.2, 0) is 15.0 Å². The van der Waals surface area contributed by atoms with Crippen molar-refractivity contribution in [1.29, 1.82) is 0 Å². The number of carboxylic acid groups (broad SMARTS) is 1. The first-order valence-corrected chi connectivity index (χ1v) is 6.96. The van der Waals surface area contributed by atoms with Gasteiger partial charge in [-0.3, -0.25) is 4.79 Å². The van der Waals surface area contributed by atoms with Crippen molar-refractivity contribution >= 4 is 16.2 Å². The molecular weight excluding hydrogens is 244 g/mol. The van der Waals surface area contributed by atoms with Crippen molar-refractivity contribution < 1.29 is 18.3 Å². The molecule has 0 aromatic carbocycles. The molecule has 0 atom stereocenters. The van der Waals surface area contributed by atoms with Gasteiger partial charge in [0.1, 0.15) is 0 Å².